The zero-order valence-electron chi connectivity index (χ0n) is 8.99. The minimum Gasteiger partial charge on any atom is -0.194 e. The molecule has 0 spiro atoms. The molecule has 0 saturated heterocycles. The third-order valence-corrected chi connectivity index (χ3v) is 2.74. The van der Waals surface area contributed by atoms with Crippen LogP contribution in [0.3, 0.4) is 0 Å². The first kappa shape index (κ1) is 16.0. The second-order valence-electron chi connectivity index (χ2n) is 3.54. The van der Waals surface area contributed by atoms with E-state index in [4.69, 9.17) is 0 Å². The molecule has 1 aromatic rings. The van der Waals surface area contributed by atoms with Gasteiger partial charge in [0.2, 0.25) is 0 Å². The largest absolute Gasteiger partial charge is 0.460 e. The molecule has 0 N–H and O–H groups in total. The van der Waals surface area contributed by atoms with Crippen LogP contribution in [0.4, 0.5) is 30.7 Å². The van der Waals surface area contributed by atoms with Gasteiger partial charge in [-0.1, -0.05) is 46.3 Å². The molecule has 0 bridgehead atoms. The Hall–Kier alpha value is -1.05. The van der Waals surface area contributed by atoms with Crippen molar-refractivity contribution in [2.45, 2.75) is 18.0 Å². The minimum atomic E-state index is -6.35. The van der Waals surface area contributed by atoms with Crippen LogP contribution in [-0.4, -0.2) is 18.0 Å². The molecule has 19 heavy (non-hydrogen) atoms. The summed E-state index contributed by atoms with van der Waals surface area (Å²) >= 11 is 2.40. The summed E-state index contributed by atoms with van der Waals surface area (Å²) < 4.78 is 89.0. The van der Waals surface area contributed by atoms with Crippen molar-refractivity contribution < 1.29 is 30.7 Å². The molecule has 0 aliphatic rings. The molecule has 0 heterocycles. The van der Waals surface area contributed by atoms with Crippen molar-refractivity contribution in [1.82, 2.24) is 0 Å². The molecule has 1 aromatic carbocycles. The summed E-state index contributed by atoms with van der Waals surface area (Å²) in [5.41, 5.74) is -1.89. The highest BCUT2D eigenvalue weighted by Gasteiger charge is 2.74. The lowest BCUT2D eigenvalue weighted by Gasteiger charge is -2.29. The van der Waals surface area contributed by atoms with Crippen molar-refractivity contribution in [2.75, 3.05) is 0 Å². The number of halogens is 8. The predicted molar refractivity (Wildman–Crippen MR) is 59.3 cm³/mol. The fraction of sp³-hybridized carbons (Fsp3) is 0.273. The Labute approximate surface area is 112 Å². The van der Waals surface area contributed by atoms with E-state index in [1.54, 1.807) is 0 Å². The maximum Gasteiger partial charge on any atom is 0.460 e. The molecule has 0 unspecified atom stereocenters. The van der Waals surface area contributed by atoms with Crippen LogP contribution in [0.1, 0.15) is 5.56 Å². The van der Waals surface area contributed by atoms with Crippen LogP contribution in [0, 0.1) is 0 Å². The van der Waals surface area contributed by atoms with Gasteiger partial charge in [-0.2, -0.15) is 30.7 Å². The molecule has 8 heteroatoms. The van der Waals surface area contributed by atoms with E-state index in [0.717, 1.165) is 12.1 Å². The number of rotatable bonds is 3. The molecule has 0 nitrogen and oxygen atoms in total. The summed E-state index contributed by atoms with van der Waals surface area (Å²) in [5.74, 6) is -11.6. The topological polar surface area (TPSA) is 0 Å². The Morgan fingerprint density at radius 3 is 1.74 bits per heavy atom. The zero-order chi connectivity index (χ0) is 14.9. The SMILES string of the molecule is FC(F)(F)C(F)(F)C(F)(F)C(=CBr)c1ccccc1. The fourth-order valence-electron chi connectivity index (χ4n) is 1.28. The Bertz CT molecular complexity index is 462. The lowest BCUT2D eigenvalue weighted by atomic mass is 9.96. The van der Waals surface area contributed by atoms with Gasteiger partial charge in [0.05, 0.1) is 0 Å². The third kappa shape index (κ3) is 2.77. The highest BCUT2D eigenvalue weighted by atomic mass is 79.9. The van der Waals surface area contributed by atoms with Crippen LogP contribution in [-0.2, 0) is 0 Å². The first-order chi connectivity index (χ1) is 8.55. The predicted octanol–water partition coefficient (Wildman–Crippen LogP) is 5.26. The van der Waals surface area contributed by atoms with Gasteiger partial charge in [-0.3, -0.25) is 0 Å². The monoisotopic (exact) mass is 350 g/mol. The summed E-state index contributed by atoms with van der Waals surface area (Å²) in [6, 6.07) is 5.91. The average molecular weight is 351 g/mol. The van der Waals surface area contributed by atoms with E-state index in [2.05, 4.69) is 15.9 Å². The van der Waals surface area contributed by atoms with Crippen molar-refractivity contribution in [2.24, 2.45) is 0 Å². The van der Waals surface area contributed by atoms with E-state index in [9.17, 15) is 30.7 Å². The Morgan fingerprint density at radius 2 is 1.37 bits per heavy atom. The maximum absolute atomic E-state index is 13.5. The van der Waals surface area contributed by atoms with Crippen molar-refractivity contribution in [1.29, 1.82) is 0 Å². The quantitative estimate of drug-likeness (QED) is 0.652. The first-order valence-electron chi connectivity index (χ1n) is 4.74. The van der Waals surface area contributed by atoms with Crippen LogP contribution < -0.4 is 0 Å². The third-order valence-electron chi connectivity index (χ3n) is 2.28. The van der Waals surface area contributed by atoms with Crippen molar-refractivity contribution >= 4 is 21.5 Å². The number of allylic oxidation sites excluding steroid dienone is 1. The normalized spacial score (nSPS) is 14.6. The van der Waals surface area contributed by atoms with Gasteiger partial charge in [0, 0.05) is 5.57 Å². The maximum atomic E-state index is 13.5. The first-order valence-corrected chi connectivity index (χ1v) is 5.66. The molecule has 0 saturated carbocycles. The van der Waals surface area contributed by atoms with Crippen molar-refractivity contribution in [3.8, 4) is 0 Å². The summed E-state index contributed by atoms with van der Waals surface area (Å²) in [4.78, 5) is 0.363. The van der Waals surface area contributed by atoms with Crippen LogP contribution in [0.5, 0.6) is 0 Å². The summed E-state index contributed by atoms with van der Waals surface area (Å²) in [7, 11) is 0. The standard InChI is InChI=1S/C11H6BrF7/c12-6-8(7-4-2-1-3-5-7)9(13,14)10(15,16)11(17,18)19/h1-6H. The Balaban J connectivity index is 3.33. The van der Waals surface area contributed by atoms with E-state index in [0.29, 0.717) is 4.99 Å². The van der Waals surface area contributed by atoms with Crippen molar-refractivity contribution in [3.05, 3.63) is 40.9 Å². The van der Waals surface area contributed by atoms with Gasteiger partial charge in [-0.25, -0.2) is 0 Å². The smallest absolute Gasteiger partial charge is 0.194 e. The molecule has 1 rings (SSSR count). The second kappa shape index (κ2) is 5.15. The summed E-state index contributed by atoms with van der Waals surface area (Å²) in [6.45, 7) is 0. The van der Waals surface area contributed by atoms with E-state index in [1.165, 1.54) is 18.2 Å². The molecule has 0 radical (unpaired) electrons. The Kier molecular flexibility index (Phi) is 4.33. The molecule has 106 valence electrons. The lowest BCUT2D eigenvalue weighted by molar-refractivity contribution is -0.338. The molecule has 0 aromatic heterocycles. The number of benzene rings is 1. The highest BCUT2D eigenvalue weighted by Crippen LogP contribution is 2.52. The van der Waals surface area contributed by atoms with Gasteiger partial charge < -0.3 is 0 Å². The fourth-order valence-corrected chi connectivity index (χ4v) is 1.83. The summed E-state index contributed by atoms with van der Waals surface area (Å²) in [6.07, 6.45) is -6.35. The molecule has 0 aliphatic carbocycles. The van der Waals surface area contributed by atoms with Crippen LogP contribution in [0.2, 0.25) is 0 Å². The van der Waals surface area contributed by atoms with Gasteiger partial charge in [-0.15, -0.1) is 0 Å². The molecule has 0 aliphatic heterocycles. The molecule has 0 fully saturated rings. The average Bonchev–Trinajstić information content (AvgIpc) is 2.29. The van der Waals surface area contributed by atoms with Crippen LogP contribution in [0.25, 0.3) is 5.57 Å². The number of hydrogen-bond donors (Lipinski definition) is 0. The molecule has 0 amide bonds. The second-order valence-corrected chi connectivity index (χ2v) is 3.99. The van der Waals surface area contributed by atoms with Gasteiger partial charge >= 0.3 is 18.0 Å². The zero-order valence-corrected chi connectivity index (χ0v) is 10.6. The number of alkyl halides is 7. The van der Waals surface area contributed by atoms with E-state index >= 15 is 0 Å². The van der Waals surface area contributed by atoms with Gasteiger partial charge in [0.25, 0.3) is 0 Å². The minimum absolute atomic E-state index is 0.363. The van der Waals surface area contributed by atoms with Crippen LogP contribution >= 0.6 is 15.9 Å². The lowest BCUT2D eigenvalue weighted by Crippen LogP contribution is -2.52. The van der Waals surface area contributed by atoms with Gasteiger partial charge in [-0.05, 0) is 10.5 Å². The highest BCUT2D eigenvalue weighted by molar-refractivity contribution is 9.11. The van der Waals surface area contributed by atoms with Crippen LogP contribution in [0.15, 0.2) is 35.3 Å². The summed E-state index contributed by atoms with van der Waals surface area (Å²) in [5, 5.41) is 0. The van der Waals surface area contributed by atoms with Gasteiger partial charge in [0.15, 0.2) is 0 Å². The van der Waals surface area contributed by atoms with Gasteiger partial charge in [0.1, 0.15) is 0 Å². The molecular formula is C11H6BrF7. The Morgan fingerprint density at radius 1 is 0.895 bits per heavy atom. The van der Waals surface area contributed by atoms with E-state index < -0.39 is 29.2 Å². The van der Waals surface area contributed by atoms with E-state index in [-0.39, 0.29) is 0 Å². The van der Waals surface area contributed by atoms with E-state index in [1.807, 2.05) is 0 Å². The van der Waals surface area contributed by atoms with Crippen molar-refractivity contribution in [3.63, 3.8) is 0 Å². The molecule has 0 atom stereocenters. The molecular weight excluding hydrogens is 345 g/mol. The number of hydrogen-bond acceptors (Lipinski definition) is 0.